The van der Waals surface area contributed by atoms with Crippen molar-refractivity contribution in [3.05, 3.63) is 64.4 Å². The molecule has 0 bridgehead atoms. The lowest BCUT2D eigenvalue weighted by Gasteiger charge is -2.32. The first-order chi connectivity index (χ1) is 16.5. The van der Waals surface area contributed by atoms with Crippen LogP contribution in [0, 0.1) is 0 Å². The quantitative estimate of drug-likeness (QED) is 0.378. The Labute approximate surface area is 199 Å². The summed E-state index contributed by atoms with van der Waals surface area (Å²) in [5.41, 5.74) is 3.17. The lowest BCUT2D eigenvalue weighted by Crippen LogP contribution is -2.47. The number of hydrogen-bond acceptors (Lipinski definition) is 6. The van der Waals surface area contributed by atoms with Crippen molar-refractivity contribution in [1.82, 2.24) is 30.4 Å². The zero-order valence-electron chi connectivity index (χ0n) is 18.8. The average Bonchev–Trinajstić information content (AvgIpc) is 3.15. The van der Waals surface area contributed by atoms with Gasteiger partial charge in [-0.1, -0.05) is 30.3 Å². The highest BCUT2D eigenvalue weighted by atomic mass is 32.1. The molecule has 2 atom stereocenters. The maximum atomic E-state index is 13.3. The molecule has 174 valence electrons. The number of hydrogen-bond donors (Lipinski definition) is 3. The van der Waals surface area contributed by atoms with Crippen molar-refractivity contribution < 1.29 is 9.18 Å². The Morgan fingerprint density at radius 3 is 2.85 bits per heavy atom. The number of fused-ring (bicyclic) bond motifs is 2. The molecule has 8 nitrogen and oxygen atoms in total. The number of nitrogens with one attached hydrogen (secondary N) is 3. The summed E-state index contributed by atoms with van der Waals surface area (Å²) in [6.45, 7) is 3.67. The van der Waals surface area contributed by atoms with Gasteiger partial charge in [-0.15, -0.1) is 11.3 Å². The van der Waals surface area contributed by atoms with Crippen molar-refractivity contribution in [1.29, 1.82) is 0 Å². The van der Waals surface area contributed by atoms with E-state index in [9.17, 15) is 9.18 Å². The van der Waals surface area contributed by atoms with Crippen molar-refractivity contribution >= 4 is 39.2 Å². The summed E-state index contributed by atoms with van der Waals surface area (Å²) in [6, 6.07) is 12.2. The number of halogens is 1. The summed E-state index contributed by atoms with van der Waals surface area (Å²) in [4.78, 5) is 23.6. The van der Waals surface area contributed by atoms with Crippen LogP contribution < -0.4 is 10.6 Å². The summed E-state index contributed by atoms with van der Waals surface area (Å²) in [6.07, 6.45) is 0.950. The van der Waals surface area contributed by atoms with Gasteiger partial charge >= 0.3 is 6.03 Å². The molecule has 1 aromatic carbocycles. The second-order valence-corrected chi connectivity index (χ2v) is 10.2. The van der Waals surface area contributed by atoms with E-state index < -0.39 is 12.2 Å². The first-order valence-corrected chi connectivity index (χ1v) is 12.1. The third kappa shape index (κ3) is 3.40. The molecule has 0 spiro atoms. The Hall–Kier alpha value is -3.53. The Balaban J connectivity index is 1.22. The van der Waals surface area contributed by atoms with Crippen LogP contribution in [0.15, 0.2) is 41.8 Å². The summed E-state index contributed by atoms with van der Waals surface area (Å²) < 4.78 is 14.1. The number of anilines is 2. The third-order valence-electron chi connectivity index (χ3n) is 6.75. The molecule has 1 fully saturated rings. The van der Waals surface area contributed by atoms with Gasteiger partial charge < -0.3 is 15.5 Å². The first kappa shape index (κ1) is 21.0. The zero-order chi connectivity index (χ0) is 23.4. The number of thiophene rings is 1. The monoisotopic (exact) mass is 477 g/mol. The Morgan fingerprint density at radius 1 is 1.24 bits per heavy atom. The van der Waals surface area contributed by atoms with Crippen LogP contribution >= 0.6 is 11.3 Å². The summed E-state index contributed by atoms with van der Waals surface area (Å²) in [7, 11) is 0. The Bertz CT molecular complexity index is 1380. The number of nitrogens with zero attached hydrogens (tertiary/aromatic N) is 4. The molecule has 0 saturated heterocycles. The Morgan fingerprint density at radius 2 is 2.06 bits per heavy atom. The molecular formula is C24H24FN7OS. The van der Waals surface area contributed by atoms with Crippen LogP contribution in [0.4, 0.5) is 20.8 Å². The van der Waals surface area contributed by atoms with E-state index in [-0.39, 0.29) is 17.9 Å². The molecule has 10 heteroatoms. The molecular weight excluding hydrogens is 453 g/mol. The van der Waals surface area contributed by atoms with Gasteiger partial charge in [0.1, 0.15) is 6.67 Å². The molecule has 2 aliphatic rings. The van der Waals surface area contributed by atoms with Gasteiger partial charge in [0.2, 0.25) is 0 Å². The summed E-state index contributed by atoms with van der Waals surface area (Å²) in [5.74, 6) is 1.60. The van der Waals surface area contributed by atoms with Gasteiger partial charge in [0.15, 0.2) is 17.5 Å². The number of aromatic amines is 1. The minimum Gasteiger partial charge on any atom is -0.335 e. The van der Waals surface area contributed by atoms with E-state index in [1.165, 1.54) is 16.9 Å². The van der Waals surface area contributed by atoms with Crippen LogP contribution in [-0.4, -0.2) is 37.1 Å². The number of rotatable bonds is 5. The minimum absolute atomic E-state index is 0.0913. The second-order valence-electron chi connectivity index (χ2n) is 9.26. The van der Waals surface area contributed by atoms with Crippen LogP contribution in [0.3, 0.4) is 0 Å². The lowest BCUT2D eigenvalue weighted by atomic mass is 10.0. The number of aromatic nitrogens is 4. The van der Waals surface area contributed by atoms with Crippen molar-refractivity contribution in [3.8, 4) is 0 Å². The van der Waals surface area contributed by atoms with E-state index in [0.29, 0.717) is 29.6 Å². The van der Waals surface area contributed by atoms with Crippen LogP contribution in [0.1, 0.15) is 48.8 Å². The third-order valence-corrected chi connectivity index (χ3v) is 7.66. The number of carbonyl (C=O) groups excluding carboxylic acids is 1. The van der Waals surface area contributed by atoms with Gasteiger partial charge in [-0.25, -0.2) is 19.2 Å². The molecule has 4 aromatic rings. The van der Waals surface area contributed by atoms with Gasteiger partial charge in [0, 0.05) is 17.5 Å². The van der Waals surface area contributed by atoms with Crippen molar-refractivity contribution in [2.24, 2.45) is 0 Å². The largest absolute Gasteiger partial charge is 0.335 e. The molecule has 1 saturated carbocycles. The SMILES string of the molecule is CC1(C)c2[nH]nc(Nc3nc(CF)nc4ccsc34)c2CN1C(=O)N[C@@H]1C[C@H]1c1ccccc1. The van der Waals surface area contributed by atoms with E-state index in [4.69, 9.17) is 0 Å². The van der Waals surface area contributed by atoms with Crippen molar-refractivity contribution in [2.75, 3.05) is 5.32 Å². The number of benzene rings is 1. The van der Waals surface area contributed by atoms with Gasteiger partial charge in [0.05, 0.1) is 28.0 Å². The first-order valence-electron chi connectivity index (χ1n) is 11.2. The van der Waals surface area contributed by atoms with Gasteiger partial charge in [-0.05, 0) is 37.3 Å². The van der Waals surface area contributed by atoms with Crippen LogP contribution in [-0.2, 0) is 18.8 Å². The van der Waals surface area contributed by atoms with E-state index >= 15 is 0 Å². The molecule has 4 heterocycles. The Kier molecular flexibility index (Phi) is 4.80. The maximum absolute atomic E-state index is 13.3. The highest BCUT2D eigenvalue weighted by Gasteiger charge is 2.46. The highest BCUT2D eigenvalue weighted by molar-refractivity contribution is 7.17. The number of carbonyl (C=O) groups is 1. The predicted molar refractivity (Wildman–Crippen MR) is 129 cm³/mol. The lowest BCUT2D eigenvalue weighted by molar-refractivity contribution is 0.142. The van der Waals surface area contributed by atoms with Crippen LogP contribution in [0.2, 0.25) is 0 Å². The van der Waals surface area contributed by atoms with Crippen LogP contribution in [0.5, 0.6) is 0 Å². The molecule has 34 heavy (non-hydrogen) atoms. The topological polar surface area (TPSA) is 98.8 Å². The molecule has 1 aliphatic carbocycles. The minimum atomic E-state index is -0.745. The van der Waals surface area contributed by atoms with Gasteiger partial charge in [0.25, 0.3) is 0 Å². The molecule has 0 unspecified atom stereocenters. The fraction of sp³-hybridized carbons (Fsp3) is 0.333. The molecule has 2 amide bonds. The van der Waals surface area contributed by atoms with Crippen molar-refractivity contribution in [3.63, 3.8) is 0 Å². The number of amides is 2. The summed E-state index contributed by atoms with van der Waals surface area (Å²) >= 11 is 1.48. The maximum Gasteiger partial charge on any atom is 0.318 e. The number of alkyl halides is 1. The predicted octanol–water partition coefficient (Wildman–Crippen LogP) is 4.94. The fourth-order valence-electron chi connectivity index (χ4n) is 4.77. The molecule has 3 aromatic heterocycles. The second kappa shape index (κ2) is 7.76. The van der Waals surface area contributed by atoms with E-state index in [1.807, 2.05) is 48.4 Å². The smallest absolute Gasteiger partial charge is 0.318 e. The van der Waals surface area contributed by atoms with Gasteiger partial charge in [-0.3, -0.25) is 5.10 Å². The zero-order valence-corrected chi connectivity index (χ0v) is 19.6. The van der Waals surface area contributed by atoms with E-state index in [0.717, 1.165) is 22.4 Å². The molecule has 3 N–H and O–H groups in total. The van der Waals surface area contributed by atoms with Crippen LogP contribution in [0.25, 0.3) is 10.2 Å². The van der Waals surface area contributed by atoms with Crippen molar-refractivity contribution in [2.45, 2.75) is 51.0 Å². The number of urea groups is 1. The molecule has 6 rings (SSSR count). The van der Waals surface area contributed by atoms with Gasteiger partial charge in [-0.2, -0.15) is 5.10 Å². The van der Waals surface area contributed by atoms with E-state index in [2.05, 4.69) is 42.9 Å². The normalized spacial score (nSPS) is 20.4. The average molecular weight is 478 g/mol. The van der Waals surface area contributed by atoms with E-state index in [1.54, 1.807) is 0 Å². The number of H-pyrrole nitrogens is 1. The molecule has 1 aliphatic heterocycles. The highest BCUT2D eigenvalue weighted by Crippen LogP contribution is 2.44. The fourth-order valence-corrected chi connectivity index (χ4v) is 5.55. The molecule has 0 radical (unpaired) electrons. The summed E-state index contributed by atoms with van der Waals surface area (Å²) in [5, 5.41) is 15.9. The standard InChI is InChI=1S/C24H24FN7OS/c1-24(2)20-15(12-32(24)23(33)27-17-10-14(17)13-6-4-3-5-7-13)21(31-30-20)29-22-19-16(8-9-34-19)26-18(11-25)28-22/h3-9,14,17H,10-12H2,1-2H3,(H,27,33)(H2,26,28,29,30,31)/t14-,17+/m0/s1.